The fourth-order valence-corrected chi connectivity index (χ4v) is 2.88. The fourth-order valence-electron chi connectivity index (χ4n) is 2.88. The molecule has 0 spiro atoms. The maximum absolute atomic E-state index is 9.19. The third-order valence-electron chi connectivity index (χ3n) is 3.90. The Bertz CT molecular complexity index is 532. The Balaban J connectivity index is 1.83. The largest absolute Gasteiger partial charge is 0.396 e. The van der Waals surface area contributed by atoms with Gasteiger partial charge in [-0.05, 0) is 35.2 Å². The van der Waals surface area contributed by atoms with Crippen molar-refractivity contribution in [1.82, 2.24) is 4.90 Å². The van der Waals surface area contributed by atoms with Crippen LogP contribution in [0, 0.1) is 5.92 Å². The molecule has 0 aliphatic carbocycles. The van der Waals surface area contributed by atoms with Crippen molar-refractivity contribution in [2.45, 2.75) is 13.0 Å². The van der Waals surface area contributed by atoms with Crippen LogP contribution in [0.1, 0.15) is 12.0 Å². The Labute approximate surface area is 108 Å². The quantitative estimate of drug-likeness (QED) is 0.893. The van der Waals surface area contributed by atoms with Gasteiger partial charge in [-0.25, -0.2) is 0 Å². The summed E-state index contributed by atoms with van der Waals surface area (Å²) in [5.41, 5.74) is 1.40. The molecule has 2 aromatic rings. The third kappa shape index (κ3) is 2.26. The first-order valence-electron chi connectivity index (χ1n) is 6.66. The number of hydrogen-bond donors (Lipinski definition) is 1. The van der Waals surface area contributed by atoms with Crippen molar-refractivity contribution >= 4 is 10.8 Å². The molecular weight excluding hydrogens is 222 g/mol. The van der Waals surface area contributed by atoms with Gasteiger partial charge < -0.3 is 5.11 Å². The van der Waals surface area contributed by atoms with Crippen LogP contribution in [0.5, 0.6) is 0 Å². The Morgan fingerprint density at radius 2 is 1.94 bits per heavy atom. The summed E-state index contributed by atoms with van der Waals surface area (Å²) in [7, 11) is 0. The number of benzene rings is 2. The normalized spacial score (nSPS) is 20.6. The van der Waals surface area contributed by atoms with Crippen LogP contribution in [0.4, 0.5) is 0 Å². The highest BCUT2D eigenvalue weighted by Gasteiger charge is 2.21. The van der Waals surface area contributed by atoms with Crippen LogP contribution >= 0.6 is 0 Å². The van der Waals surface area contributed by atoms with Gasteiger partial charge in [0, 0.05) is 19.7 Å². The molecule has 0 saturated carbocycles. The lowest BCUT2D eigenvalue weighted by atomic mass is 10.0. The minimum Gasteiger partial charge on any atom is -0.396 e. The lowest BCUT2D eigenvalue weighted by Gasteiger charge is -2.17. The predicted molar refractivity (Wildman–Crippen MR) is 74.4 cm³/mol. The van der Waals surface area contributed by atoms with Gasteiger partial charge in [-0.15, -0.1) is 0 Å². The summed E-state index contributed by atoms with van der Waals surface area (Å²) < 4.78 is 0. The van der Waals surface area contributed by atoms with Crippen molar-refractivity contribution in [2.24, 2.45) is 5.92 Å². The molecule has 3 rings (SSSR count). The first-order valence-corrected chi connectivity index (χ1v) is 6.66. The van der Waals surface area contributed by atoms with Crippen molar-refractivity contribution in [3.63, 3.8) is 0 Å². The molecule has 1 fully saturated rings. The van der Waals surface area contributed by atoms with Crippen molar-refractivity contribution < 1.29 is 5.11 Å². The van der Waals surface area contributed by atoms with E-state index in [4.69, 9.17) is 0 Å². The van der Waals surface area contributed by atoms with E-state index >= 15 is 0 Å². The summed E-state index contributed by atoms with van der Waals surface area (Å²) in [6.45, 7) is 3.46. The lowest BCUT2D eigenvalue weighted by molar-refractivity contribution is 0.220. The molecule has 0 radical (unpaired) electrons. The van der Waals surface area contributed by atoms with Crippen LogP contribution in [0.25, 0.3) is 10.8 Å². The standard InChI is InChI=1S/C16H19NO/c18-12-13-8-9-17(10-13)11-15-6-3-5-14-4-1-2-7-16(14)15/h1-7,13,18H,8-12H2. The summed E-state index contributed by atoms with van der Waals surface area (Å²) in [5.74, 6) is 0.472. The van der Waals surface area contributed by atoms with Crippen molar-refractivity contribution in [3.8, 4) is 0 Å². The Kier molecular flexibility index (Phi) is 3.31. The Hall–Kier alpha value is -1.38. The molecule has 1 heterocycles. The monoisotopic (exact) mass is 241 g/mol. The fraction of sp³-hybridized carbons (Fsp3) is 0.375. The summed E-state index contributed by atoms with van der Waals surface area (Å²) in [6.07, 6.45) is 1.13. The second-order valence-electron chi connectivity index (χ2n) is 5.21. The van der Waals surface area contributed by atoms with Crippen LogP contribution in [0.2, 0.25) is 0 Å². The first kappa shape index (κ1) is 11.7. The highest BCUT2D eigenvalue weighted by atomic mass is 16.3. The molecule has 1 N–H and O–H groups in total. The van der Waals surface area contributed by atoms with Gasteiger partial charge in [-0.2, -0.15) is 0 Å². The van der Waals surface area contributed by atoms with Crippen LogP contribution < -0.4 is 0 Å². The Morgan fingerprint density at radius 3 is 2.78 bits per heavy atom. The molecule has 1 aliphatic rings. The van der Waals surface area contributed by atoms with E-state index in [2.05, 4.69) is 47.4 Å². The van der Waals surface area contributed by atoms with Crippen LogP contribution in [0.3, 0.4) is 0 Å². The summed E-state index contributed by atoms with van der Waals surface area (Å²) in [4.78, 5) is 2.45. The number of aliphatic hydroxyl groups excluding tert-OH is 1. The number of fused-ring (bicyclic) bond motifs is 1. The van der Waals surface area contributed by atoms with Gasteiger partial charge in [-0.3, -0.25) is 4.90 Å². The zero-order chi connectivity index (χ0) is 12.4. The number of hydrogen-bond acceptors (Lipinski definition) is 2. The molecule has 94 valence electrons. The van der Waals surface area contributed by atoms with Gasteiger partial charge in [0.05, 0.1) is 0 Å². The minimum atomic E-state index is 0.325. The molecule has 18 heavy (non-hydrogen) atoms. The topological polar surface area (TPSA) is 23.5 Å². The molecule has 2 heteroatoms. The highest BCUT2D eigenvalue weighted by Crippen LogP contribution is 2.23. The molecule has 1 unspecified atom stereocenters. The van der Waals surface area contributed by atoms with Crippen LogP contribution in [-0.4, -0.2) is 29.7 Å². The summed E-state index contributed by atoms with van der Waals surface area (Å²) in [5, 5.41) is 11.9. The van der Waals surface area contributed by atoms with E-state index < -0.39 is 0 Å². The van der Waals surface area contributed by atoms with E-state index in [1.165, 1.54) is 16.3 Å². The lowest BCUT2D eigenvalue weighted by Crippen LogP contribution is -2.21. The summed E-state index contributed by atoms with van der Waals surface area (Å²) >= 11 is 0. The number of likely N-dealkylation sites (tertiary alicyclic amines) is 1. The molecule has 1 atom stereocenters. The molecular formula is C16H19NO. The van der Waals surface area contributed by atoms with Gasteiger partial charge in [0.25, 0.3) is 0 Å². The zero-order valence-corrected chi connectivity index (χ0v) is 10.5. The second kappa shape index (κ2) is 5.09. The highest BCUT2D eigenvalue weighted by molar-refractivity contribution is 5.85. The van der Waals surface area contributed by atoms with Crippen molar-refractivity contribution in [2.75, 3.05) is 19.7 Å². The van der Waals surface area contributed by atoms with Gasteiger partial charge in [0.2, 0.25) is 0 Å². The maximum atomic E-state index is 9.19. The zero-order valence-electron chi connectivity index (χ0n) is 10.5. The van der Waals surface area contributed by atoms with E-state index in [1.54, 1.807) is 0 Å². The predicted octanol–water partition coefficient (Wildman–Crippen LogP) is 2.65. The van der Waals surface area contributed by atoms with E-state index in [0.29, 0.717) is 12.5 Å². The van der Waals surface area contributed by atoms with Crippen LogP contribution in [0.15, 0.2) is 42.5 Å². The molecule has 1 aliphatic heterocycles. The van der Waals surface area contributed by atoms with E-state index in [1.807, 2.05) is 0 Å². The smallest absolute Gasteiger partial charge is 0.0471 e. The summed E-state index contributed by atoms with van der Waals surface area (Å²) in [6, 6.07) is 15.1. The maximum Gasteiger partial charge on any atom is 0.0471 e. The van der Waals surface area contributed by atoms with Gasteiger partial charge in [0.15, 0.2) is 0 Å². The molecule has 0 bridgehead atoms. The SMILES string of the molecule is OCC1CCN(Cc2cccc3ccccc23)C1. The molecule has 1 saturated heterocycles. The average Bonchev–Trinajstić information content (AvgIpc) is 2.87. The number of rotatable bonds is 3. The van der Waals surface area contributed by atoms with Crippen molar-refractivity contribution in [3.05, 3.63) is 48.0 Å². The number of nitrogens with zero attached hydrogens (tertiary/aromatic N) is 1. The van der Waals surface area contributed by atoms with E-state index in [0.717, 1.165) is 26.1 Å². The molecule has 0 amide bonds. The average molecular weight is 241 g/mol. The third-order valence-corrected chi connectivity index (χ3v) is 3.90. The molecule has 2 nitrogen and oxygen atoms in total. The van der Waals surface area contributed by atoms with E-state index in [9.17, 15) is 5.11 Å². The first-order chi connectivity index (χ1) is 8.86. The van der Waals surface area contributed by atoms with E-state index in [-0.39, 0.29) is 0 Å². The van der Waals surface area contributed by atoms with Crippen LogP contribution in [-0.2, 0) is 6.54 Å². The van der Waals surface area contributed by atoms with Gasteiger partial charge in [0.1, 0.15) is 0 Å². The Morgan fingerprint density at radius 1 is 1.11 bits per heavy atom. The van der Waals surface area contributed by atoms with Crippen molar-refractivity contribution in [1.29, 1.82) is 0 Å². The molecule has 2 aromatic carbocycles. The van der Waals surface area contributed by atoms with Gasteiger partial charge in [-0.1, -0.05) is 42.5 Å². The van der Waals surface area contributed by atoms with Gasteiger partial charge >= 0.3 is 0 Å². The minimum absolute atomic E-state index is 0.325. The second-order valence-corrected chi connectivity index (χ2v) is 5.21. The molecule has 0 aromatic heterocycles. The number of aliphatic hydroxyl groups is 1.